The largest absolute Gasteiger partial charge is 0.460 e. The van der Waals surface area contributed by atoms with Crippen molar-refractivity contribution in [1.29, 1.82) is 0 Å². The number of benzene rings is 4. The van der Waals surface area contributed by atoms with Gasteiger partial charge in [0.25, 0.3) is 11.8 Å². The first-order chi connectivity index (χ1) is 18.0. The Morgan fingerprint density at radius 3 is 2.03 bits per heavy atom. The Morgan fingerprint density at radius 1 is 0.730 bits per heavy atom. The van der Waals surface area contributed by atoms with Gasteiger partial charge in [0.1, 0.15) is 6.61 Å². The van der Waals surface area contributed by atoms with Crippen molar-refractivity contribution in [3.8, 4) is 0 Å². The first-order valence-corrected chi connectivity index (χ1v) is 11.9. The molecule has 4 aromatic carbocycles. The standard InChI is InChI=1S/C31H23NO5/c1-20(22-13-9-14-23(18-22)28(33)21-10-3-2-4-11-21)31(36)37-19-24-12-5-8-17-27(24)32-29(34)25-15-6-7-16-26(25)30(32)35/h2-18,20H,19H2,1H3. The number of hydrogen-bond acceptors (Lipinski definition) is 5. The molecule has 0 spiro atoms. The van der Waals surface area contributed by atoms with Gasteiger partial charge < -0.3 is 4.74 Å². The van der Waals surface area contributed by atoms with E-state index in [1.807, 2.05) is 6.07 Å². The molecule has 4 aromatic rings. The van der Waals surface area contributed by atoms with E-state index < -0.39 is 23.7 Å². The summed E-state index contributed by atoms with van der Waals surface area (Å²) in [6.07, 6.45) is 0. The van der Waals surface area contributed by atoms with Crippen LogP contribution in [-0.4, -0.2) is 23.6 Å². The zero-order chi connectivity index (χ0) is 25.9. The third kappa shape index (κ3) is 4.57. The molecular formula is C31H23NO5. The van der Waals surface area contributed by atoms with Crippen LogP contribution in [0.1, 0.15) is 60.6 Å². The average molecular weight is 490 g/mol. The molecule has 6 nitrogen and oxygen atoms in total. The van der Waals surface area contributed by atoms with Crippen molar-refractivity contribution >= 4 is 29.3 Å². The molecule has 1 unspecified atom stereocenters. The topological polar surface area (TPSA) is 80.8 Å². The van der Waals surface area contributed by atoms with Gasteiger partial charge in [-0.25, -0.2) is 4.90 Å². The number of hydrogen-bond donors (Lipinski definition) is 0. The number of fused-ring (bicyclic) bond motifs is 1. The lowest BCUT2D eigenvalue weighted by molar-refractivity contribution is -0.146. The molecule has 1 atom stereocenters. The zero-order valence-electron chi connectivity index (χ0n) is 20.1. The molecular weight excluding hydrogens is 466 g/mol. The number of amides is 2. The van der Waals surface area contributed by atoms with E-state index >= 15 is 0 Å². The van der Waals surface area contributed by atoms with Crippen LogP contribution in [0, 0.1) is 0 Å². The van der Waals surface area contributed by atoms with Gasteiger partial charge in [-0.3, -0.25) is 19.2 Å². The van der Waals surface area contributed by atoms with Crippen LogP contribution in [0.4, 0.5) is 5.69 Å². The molecule has 37 heavy (non-hydrogen) atoms. The Labute approximate surface area is 214 Å². The number of carbonyl (C=O) groups excluding carboxylic acids is 4. The molecule has 1 heterocycles. The van der Waals surface area contributed by atoms with Crippen LogP contribution >= 0.6 is 0 Å². The highest BCUT2D eigenvalue weighted by molar-refractivity contribution is 6.34. The predicted molar refractivity (Wildman–Crippen MR) is 139 cm³/mol. The molecule has 0 aliphatic carbocycles. The molecule has 0 radical (unpaired) electrons. The summed E-state index contributed by atoms with van der Waals surface area (Å²) in [7, 11) is 0. The number of esters is 1. The Hall–Kier alpha value is -4.84. The lowest BCUT2D eigenvalue weighted by Crippen LogP contribution is -2.30. The van der Waals surface area contributed by atoms with Crippen LogP contribution in [0.5, 0.6) is 0 Å². The number of ketones is 1. The van der Waals surface area contributed by atoms with Gasteiger partial charge in [-0.15, -0.1) is 0 Å². The van der Waals surface area contributed by atoms with Crippen LogP contribution in [0.2, 0.25) is 0 Å². The summed E-state index contributed by atoms with van der Waals surface area (Å²) in [5.74, 6) is -2.06. The van der Waals surface area contributed by atoms with Gasteiger partial charge >= 0.3 is 5.97 Å². The summed E-state index contributed by atoms with van der Waals surface area (Å²) >= 11 is 0. The van der Waals surface area contributed by atoms with Crippen LogP contribution in [-0.2, 0) is 16.1 Å². The molecule has 5 rings (SSSR count). The SMILES string of the molecule is CC(C(=O)OCc1ccccc1N1C(=O)c2ccccc2C1=O)c1cccc(C(=O)c2ccccc2)c1. The van der Waals surface area contributed by atoms with Crippen LogP contribution in [0.25, 0.3) is 0 Å². The Bertz CT molecular complexity index is 1490. The highest BCUT2D eigenvalue weighted by Crippen LogP contribution is 2.31. The number of carbonyl (C=O) groups is 4. The van der Waals surface area contributed by atoms with E-state index in [9.17, 15) is 19.2 Å². The average Bonchev–Trinajstić information content (AvgIpc) is 3.21. The van der Waals surface area contributed by atoms with E-state index in [0.717, 1.165) is 4.90 Å². The van der Waals surface area contributed by atoms with Gasteiger partial charge in [-0.1, -0.05) is 78.9 Å². The maximum Gasteiger partial charge on any atom is 0.313 e. The van der Waals surface area contributed by atoms with Crippen molar-refractivity contribution in [3.63, 3.8) is 0 Å². The summed E-state index contributed by atoms with van der Waals surface area (Å²) in [6.45, 7) is 1.60. The van der Waals surface area contributed by atoms with Gasteiger partial charge in [-0.2, -0.15) is 0 Å². The van der Waals surface area contributed by atoms with Gasteiger partial charge in [-0.05, 0) is 36.8 Å². The fourth-order valence-electron chi connectivity index (χ4n) is 4.37. The molecule has 0 N–H and O–H groups in total. The summed E-state index contributed by atoms with van der Waals surface area (Å²) in [4.78, 5) is 52.8. The normalized spacial score (nSPS) is 13.3. The summed E-state index contributed by atoms with van der Waals surface area (Å²) in [6, 6.07) is 29.4. The monoisotopic (exact) mass is 489 g/mol. The van der Waals surface area contributed by atoms with Gasteiger partial charge in [0, 0.05) is 16.7 Å². The summed E-state index contributed by atoms with van der Waals surface area (Å²) in [5.41, 5.74) is 3.31. The molecule has 1 aliphatic rings. The first kappa shape index (κ1) is 23.9. The molecule has 182 valence electrons. The van der Waals surface area contributed by atoms with Gasteiger partial charge in [0.15, 0.2) is 5.78 Å². The van der Waals surface area contributed by atoms with Crippen molar-refractivity contribution in [2.24, 2.45) is 0 Å². The second-order valence-corrected chi connectivity index (χ2v) is 8.77. The molecule has 0 saturated heterocycles. The third-order valence-electron chi connectivity index (χ3n) is 6.43. The minimum atomic E-state index is -0.630. The Morgan fingerprint density at radius 2 is 1.32 bits per heavy atom. The van der Waals surface area contributed by atoms with E-state index in [1.54, 1.807) is 104 Å². The van der Waals surface area contributed by atoms with Crippen molar-refractivity contribution in [1.82, 2.24) is 0 Å². The quantitative estimate of drug-likeness (QED) is 0.193. The number of ether oxygens (including phenoxy) is 1. The van der Waals surface area contributed by atoms with Crippen molar-refractivity contribution in [3.05, 3.63) is 137 Å². The first-order valence-electron chi connectivity index (χ1n) is 11.9. The number of nitrogens with zero attached hydrogens (tertiary/aromatic N) is 1. The van der Waals surface area contributed by atoms with E-state index in [1.165, 1.54) is 0 Å². The van der Waals surface area contributed by atoms with E-state index in [4.69, 9.17) is 4.74 Å². The zero-order valence-corrected chi connectivity index (χ0v) is 20.1. The maximum absolute atomic E-state index is 13.0. The number of rotatable bonds is 7. The molecule has 0 aromatic heterocycles. The van der Waals surface area contributed by atoms with Crippen molar-refractivity contribution in [2.45, 2.75) is 19.4 Å². The Balaban J connectivity index is 1.31. The number of para-hydroxylation sites is 1. The molecule has 0 saturated carbocycles. The summed E-state index contributed by atoms with van der Waals surface area (Å²) < 4.78 is 5.60. The third-order valence-corrected chi connectivity index (χ3v) is 6.43. The Kier molecular flexibility index (Phi) is 6.47. The molecule has 1 aliphatic heterocycles. The van der Waals surface area contributed by atoms with Gasteiger partial charge in [0.05, 0.1) is 22.7 Å². The fourth-order valence-corrected chi connectivity index (χ4v) is 4.37. The molecule has 6 heteroatoms. The summed E-state index contributed by atoms with van der Waals surface area (Å²) in [5, 5.41) is 0. The highest BCUT2D eigenvalue weighted by Gasteiger charge is 2.37. The van der Waals surface area contributed by atoms with Crippen LogP contribution in [0.3, 0.4) is 0 Å². The van der Waals surface area contributed by atoms with E-state index in [2.05, 4.69) is 0 Å². The number of imide groups is 1. The second-order valence-electron chi connectivity index (χ2n) is 8.77. The van der Waals surface area contributed by atoms with Crippen molar-refractivity contribution < 1.29 is 23.9 Å². The molecule has 0 bridgehead atoms. The van der Waals surface area contributed by atoms with Crippen molar-refractivity contribution in [2.75, 3.05) is 4.90 Å². The molecule has 0 fully saturated rings. The second kappa shape index (κ2) is 10.0. The maximum atomic E-state index is 13.0. The molecule has 2 amide bonds. The smallest absolute Gasteiger partial charge is 0.313 e. The van der Waals surface area contributed by atoms with Gasteiger partial charge in [0.2, 0.25) is 0 Å². The van der Waals surface area contributed by atoms with Crippen LogP contribution < -0.4 is 4.90 Å². The van der Waals surface area contributed by atoms with Crippen LogP contribution in [0.15, 0.2) is 103 Å². The fraction of sp³-hybridized carbons (Fsp3) is 0.0968. The number of anilines is 1. The van der Waals surface area contributed by atoms with E-state index in [-0.39, 0.29) is 12.4 Å². The highest BCUT2D eigenvalue weighted by atomic mass is 16.5. The minimum Gasteiger partial charge on any atom is -0.460 e. The predicted octanol–water partition coefficient (Wildman–Crippen LogP) is 5.57. The lowest BCUT2D eigenvalue weighted by atomic mass is 9.96. The lowest BCUT2D eigenvalue weighted by Gasteiger charge is -2.19. The van der Waals surface area contributed by atoms with E-state index in [0.29, 0.717) is 39.1 Å². The minimum absolute atomic E-state index is 0.116.